The van der Waals surface area contributed by atoms with Crippen molar-refractivity contribution in [1.29, 1.82) is 0 Å². The Morgan fingerprint density at radius 2 is 2.00 bits per heavy atom. The van der Waals surface area contributed by atoms with Crippen molar-refractivity contribution in [3.8, 4) is 0 Å². The molecule has 0 bridgehead atoms. The molecule has 21 heavy (non-hydrogen) atoms. The van der Waals surface area contributed by atoms with E-state index in [-0.39, 0.29) is 6.09 Å². The molecule has 1 aliphatic rings. The average Bonchev–Trinajstić information content (AvgIpc) is 2.91. The van der Waals surface area contributed by atoms with Gasteiger partial charge in [-0.3, -0.25) is 4.99 Å². The minimum Gasteiger partial charge on any atom is -0.444 e. The van der Waals surface area contributed by atoms with Crippen molar-refractivity contribution in [3.05, 3.63) is 35.4 Å². The molecule has 0 spiro atoms. The van der Waals surface area contributed by atoms with Crippen LogP contribution in [0.15, 0.2) is 29.3 Å². The number of carbonyl (C=O) groups is 1. The van der Waals surface area contributed by atoms with Gasteiger partial charge in [-0.15, -0.1) is 0 Å². The van der Waals surface area contributed by atoms with Crippen LogP contribution in [0, 0.1) is 0 Å². The first kappa shape index (κ1) is 15.4. The van der Waals surface area contributed by atoms with Gasteiger partial charge in [0.05, 0.1) is 6.54 Å². The lowest BCUT2D eigenvalue weighted by Gasteiger charge is -2.24. The van der Waals surface area contributed by atoms with Crippen molar-refractivity contribution in [2.24, 2.45) is 4.99 Å². The van der Waals surface area contributed by atoms with E-state index in [1.807, 2.05) is 45.0 Å². The number of carbonyl (C=O) groups excluding carboxylic acids is 1. The summed E-state index contributed by atoms with van der Waals surface area (Å²) < 4.78 is 5.33. The van der Waals surface area contributed by atoms with Crippen molar-refractivity contribution in [2.45, 2.75) is 32.9 Å². The van der Waals surface area contributed by atoms with Crippen LogP contribution >= 0.6 is 0 Å². The summed E-state index contributed by atoms with van der Waals surface area (Å²) in [5, 5.41) is 3.24. The van der Waals surface area contributed by atoms with Crippen molar-refractivity contribution in [2.75, 3.05) is 20.1 Å². The first-order valence-electron chi connectivity index (χ1n) is 7.17. The summed E-state index contributed by atoms with van der Waals surface area (Å²) in [4.78, 5) is 17.9. The number of aliphatic imine (C=N–C) groups is 1. The monoisotopic (exact) mass is 289 g/mol. The number of amidine groups is 1. The number of ether oxygens (including phenoxy) is 1. The molecule has 1 amide bonds. The Balaban J connectivity index is 1.95. The number of nitrogens with zero attached hydrogens (tertiary/aromatic N) is 2. The highest BCUT2D eigenvalue weighted by Gasteiger charge is 2.19. The fourth-order valence-electron chi connectivity index (χ4n) is 2.04. The Morgan fingerprint density at radius 1 is 1.33 bits per heavy atom. The number of nitrogens with one attached hydrogen (secondary N) is 1. The zero-order chi connectivity index (χ0) is 15.5. The van der Waals surface area contributed by atoms with Gasteiger partial charge in [0.1, 0.15) is 11.4 Å². The molecule has 5 nitrogen and oxygen atoms in total. The second-order valence-corrected chi connectivity index (χ2v) is 6.19. The Bertz CT molecular complexity index is 529. The number of hydrogen-bond donors (Lipinski definition) is 1. The third-order valence-electron chi connectivity index (χ3n) is 3.03. The summed E-state index contributed by atoms with van der Waals surface area (Å²) in [5.74, 6) is 0.946. The third kappa shape index (κ3) is 4.48. The Hall–Kier alpha value is -2.04. The molecular formula is C16H23N3O2. The topological polar surface area (TPSA) is 53.9 Å². The molecule has 114 valence electrons. The van der Waals surface area contributed by atoms with Gasteiger partial charge in [-0.1, -0.05) is 24.3 Å². The Labute approximate surface area is 126 Å². The van der Waals surface area contributed by atoms with Crippen LogP contribution in [0.3, 0.4) is 0 Å². The summed E-state index contributed by atoms with van der Waals surface area (Å²) in [6.45, 7) is 7.85. The molecule has 0 radical (unpaired) electrons. The van der Waals surface area contributed by atoms with E-state index in [9.17, 15) is 4.79 Å². The summed E-state index contributed by atoms with van der Waals surface area (Å²) in [6.07, 6.45) is -0.312. The molecule has 0 saturated carbocycles. The largest absolute Gasteiger partial charge is 0.444 e. The van der Waals surface area contributed by atoms with Crippen LogP contribution in [0.5, 0.6) is 0 Å². The fraction of sp³-hybridized carbons (Fsp3) is 0.500. The highest BCUT2D eigenvalue weighted by molar-refractivity contribution is 5.99. The second kappa shape index (κ2) is 6.16. The minimum atomic E-state index is -0.471. The van der Waals surface area contributed by atoms with E-state index in [0.717, 1.165) is 30.1 Å². The SMILES string of the molecule is CN(Cc1ccc(C2=NCCN2)cc1)C(=O)OC(C)(C)C. The first-order chi connectivity index (χ1) is 9.85. The molecule has 0 saturated heterocycles. The van der Waals surface area contributed by atoms with Gasteiger partial charge < -0.3 is 15.0 Å². The van der Waals surface area contributed by atoms with Crippen LogP contribution in [-0.4, -0.2) is 42.6 Å². The maximum absolute atomic E-state index is 11.9. The summed E-state index contributed by atoms with van der Waals surface area (Å²) in [7, 11) is 1.74. The predicted molar refractivity (Wildman–Crippen MR) is 83.5 cm³/mol. The normalized spacial score (nSPS) is 14.4. The second-order valence-electron chi connectivity index (χ2n) is 6.19. The van der Waals surface area contributed by atoms with Gasteiger partial charge in [-0.05, 0) is 26.3 Å². The predicted octanol–water partition coefficient (Wildman–Crippen LogP) is 2.40. The summed E-state index contributed by atoms with van der Waals surface area (Å²) in [6, 6.07) is 8.07. The van der Waals surface area contributed by atoms with Crippen molar-refractivity contribution >= 4 is 11.9 Å². The molecule has 1 heterocycles. The molecule has 0 unspecified atom stereocenters. The van der Waals surface area contributed by atoms with Gasteiger partial charge in [-0.25, -0.2) is 4.79 Å². The smallest absolute Gasteiger partial charge is 0.410 e. The summed E-state index contributed by atoms with van der Waals surface area (Å²) in [5.41, 5.74) is 1.67. The third-order valence-corrected chi connectivity index (χ3v) is 3.03. The molecular weight excluding hydrogens is 266 g/mol. The van der Waals surface area contributed by atoms with Gasteiger partial charge in [0.15, 0.2) is 0 Å². The van der Waals surface area contributed by atoms with Gasteiger partial charge in [-0.2, -0.15) is 0 Å². The lowest BCUT2D eigenvalue weighted by molar-refractivity contribution is 0.0285. The minimum absolute atomic E-state index is 0.312. The standard InChI is InChI=1S/C16H23N3O2/c1-16(2,3)21-15(20)19(4)11-12-5-7-13(8-6-12)14-17-9-10-18-14/h5-8H,9-11H2,1-4H3,(H,17,18). The van der Waals surface area contributed by atoms with E-state index in [1.165, 1.54) is 0 Å². The van der Waals surface area contributed by atoms with Crippen molar-refractivity contribution in [3.63, 3.8) is 0 Å². The zero-order valence-corrected chi connectivity index (χ0v) is 13.1. The van der Waals surface area contributed by atoms with E-state index in [0.29, 0.717) is 6.54 Å². The van der Waals surface area contributed by atoms with Crippen molar-refractivity contribution < 1.29 is 9.53 Å². The fourth-order valence-corrected chi connectivity index (χ4v) is 2.04. The molecule has 0 aromatic heterocycles. The maximum atomic E-state index is 11.9. The molecule has 1 N–H and O–H groups in total. The van der Waals surface area contributed by atoms with E-state index >= 15 is 0 Å². The Morgan fingerprint density at radius 3 is 2.52 bits per heavy atom. The molecule has 0 aliphatic carbocycles. The number of rotatable bonds is 3. The lowest BCUT2D eigenvalue weighted by Crippen LogP contribution is -2.33. The number of hydrogen-bond acceptors (Lipinski definition) is 4. The van der Waals surface area contributed by atoms with Crippen LogP contribution in [0.4, 0.5) is 4.79 Å². The van der Waals surface area contributed by atoms with Gasteiger partial charge >= 0.3 is 6.09 Å². The van der Waals surface area contributed by atoms with Gasteiger partial charge in [0.25, 0.3) is 0 Å². The Kier molecular flexibility index (Phi) is 4.50. The molecule has 0 atom stereocenters. The number of benzene rings is 1. The van der Waals surface area contributed by atoms with Gasteiger partial charge in [0.2, 0.25) is 0 Å². The van der Waals surface area contributed by atoms with Crippen LogP contribution < -0.4 is 5.32 Å². The van der Waals surface area contributed by atoms with E-state index in [4.69, 9.17) is 4.74 Å². The maximum Gasteiger partial charge on any atom is 0.410 e. The average molecular weight is 289 g/mol. The summed E-state index contributed by atoms with van der Waals surface area (Å²) >= 11 is 0. The van der Waals surface area contributed by atoms with Crippen LogP contribution in [-0.2, 0) is 11.3 Å². The van der Waals surface area contributed by atoms with E-state index in [1.54, 1.807) is 11.9 Å². The highest BCUT2D eigenvalue weighted by atomic mass is 16.6. The van der Waals surface area contributed by atoms with Crippen LogP contribution in [0.2, 0.25) is 0 Å². The molecule has 1 aromatic rings. The van der Waals surface area contributed by atoms with Crippen LogP contribution in [0.1, 0.15) is 31.9 Å². The first-order valence-corrected chi connectivity index (χ1v) is 7.17. The van der Waals surface area contributed by atoms with Gasteiger partial charge in [0, 0.05) is 25.7 Å². The zero-order valence-electron chi connectivity index (χ0n) is 13.1. The molecule has 1 aromatic carbocycles. The van der Waals surface area contributed by atoms with Crippen LogP contribution in [0.25, 0.3) is 0 Å². The van der Waals surface area contributed by atoms with Crippen molar-refractivity contribution in [1.82, 2.24) is 10.2 Å². The molecule has 1 aliphatic heterocycles. The number of amides is 1. The molecule has 5 heteroatoms. The van der Waals surface area contributed by atoms with E-state index in [2.05, 4.69) is 10.3 Å². The quantitative estimate of drug-likeness (QED) is 0.929. The molecule has 2 rings (SSSR count). The highest BCUT2D eigenvalue weighted by Crippen LogP contribution is 2.12. The van der Waals surface area contributed by atoms with E-state index < -0.39 is 5.60 Å². The molecule has 0 fully saturated rings. The lowest BCUT2D eigenvalue weighted by atomic mass is 10.1.